The van der Waals surface area contributed by atoms with Crippen molar-refractivity contribution in [1.29, 1.82) is 0 Å². The first-order valence-corrected chi connectivity index (χ1v) is 7.35. The van der Waals surface area contributed by atoms with Gasteiger partial charge in [0.05, 0.1) is 11.5 Å². The van der Waals surface area contributed by atoms with Crippen LogP contribution in [0.25, 0.3) is 0 Å². The molecule has 1 aromatic carbocycles. The molecule has 1 aliphatic heterocycles. The Morgan fingerprint density at radius 3 is 2.81 bits per heavy atom. The van der Waals surface area contributed by atoms with Crippen molar-refractivity contribution in [1.82, 2.24) is 5.32 Å². The number of rotatable bonds is 4. The average molecular weight is 311 g/mol. The Labute approximate surface area is 131 Å². The standard InChI is InChI=1S/C16H22N2O2.ClH/c1-16(10-17,13-6-7-13)18-15(19)12-8-11-4-2-3-5-14(11)20-9-12;/h2-5,12-13H,6-10,17H2,1H3,(H,18,19);1H. The minimum absolute atomic E-state index is 0. The van der Waals surface area contributed by atoms with Crippen molar-refractivity contribution in [3.8, 4) is 5.75 Å². The molecule has 2 aliphatic rings. The van der Waals surface area contributed by atoms with Crippen molar-refractivity contribution in [2.45, 2.75) is 31.7 Å². The van der Waals surface area contributed by atoms with Crippen LogP contribution in [0.2, 0.25) is 0 Å². The van der Waals surface area contributed by atoms with Crippen LogP contribution in [0.3, 0.4) is 0 Å². The van der Waals surface area contributed by atoms with Crippen LogP contribution in [0.5, 0.6) is 5.75 Å². The van der Waals surface area contributed by atoms with Gasteiger partial charge in [-0.3, -0.25) is 4.79 Å². The highest BCUT2D eigenvalue weighted by Crippen LogP contribution is 2.39. The summed E-state index contributed by atoms with van der Waals surface area (Å²) in [6.45, 7) is 3.00. The Balaban J connectivity index is 0.00000161. The van der Waals surface area contributed by atoms with Crippen molar-refractivity contribution in [2.24, 2.45) is 17.6 Å². The van der Waals surface area contributed by atoms with E-state index in [1.165, 1.54) is 0 Å². The number of nitrogens with two attached hydrogens (primary N) is 1. The summed E-state index contributed by atoms with van der Waals surface area (Å²) >= 11 is 0. The Morgan fingerprint density at radius 1 is 1.43 bits per heavy atom. The lowest BCUT2D eigenvalue weighted by Crippen LogP contribution is -2.55. The molecule has 0 radical (unpaired) electrons. The largest absolute Gasteiger partial charge is 0.492 e. The first kappa shape index (κ1) is 16.1. The van der Waals surface area contributed by atoms with Crippen LogP contribution in [0.1, 0.15) is 25.3 Å². The average Bonchev–Trinajstić information content (AvgIpc) is 3.31. The van der Waals surface area contributed by atoms with Crippen molar-refractivity contribution < 1.29 is 9.53 Å². The number of hydrogen-bond acceptors (Lipinski definition) is 3. The summed E-state index contributed by atoms with van der Waals surface area (Å²) in [6, 6.07) is 7.92. The number of carbonyl (C=O) groups is 1. The van der Waals surface area contributed by atoms with E-state index in [1.807, 2.05) is 24.3 Å². The predicted molar refractivity (Wildman–Crippen MR) is 84.7 cm³/mol. The molecule has 0 aromatic heterocycles. The molecule has 1 aliphatic carbocycles. The summed E-state index contributed by atoms with van der Waals surface area (Å²) in [5, 5.41) is 3.16. The zero-order chi connectivity index (χ0) is 14.2. The number of fused-ring (bicyclic) bond motifs is 1. The minimum Gasteiger partial charge on any atom is -0.492 e. The summed E-state index contributed by atoms with van der Waals surface area (Å²) < 4.78 is 5.69. The fourth-order valence-corrected chi connectivity index (χ4v) is 2.92. The van der Waals surface area contributed by atoms with Crippen LogP contribution < -0.4 is 15.8 Å². The molecule has 1 heterocycles. The molecule has 1 amide bonds. The van der Waals surface area contributed by atoms with E-state index in [9.17, 15) is 4.79 Å². The number of amides is 1. The molecule has 1 saturated carbocycles. The molecule has 116 valence electrons. The van der Waals surface area contributed by atoms with Crippen molar-refractivity contribution in [2.75, 3.05) is 13.2 Å². The molecule has 5 heteroatoms. The van der Waals surface area contributed by atoms with E-state index in [0.717, 1.165) is 30.6 Å². The fraction of sp³-hybridized carbons (Fsp3) is 0.562. The molecule has 1 fully saturated rings. The summed E-state index contributed by atoms with van der Waals surface area (Å²) in [7, 11) is 0. The SMILES string of the molecule is CC(CN)(NC(=O)C1COc2ccccc2C1)C1CC1.Cl. The van der Waals surface area contributed by atoms with Crippen LogP contribution in [0, 0.1) is 11.8 Å². The summed E-state index contributed by atoms with van der Waals surface area (Å²) in [5.74, 6) is 1.39. The molecule has 0 bridgehead atoms. The van der Waals surface area contributed by atoms with Crippen molar-refractivity contribution in [3.05, 3.63) is 29.8 Å². The van der Waals surface area contributed by atoms with Crippen LogP contribution >= 0.6 is 12.4 Å². The van der Waals surface area contributed by atoms with Gasteiger partial charge < -0.3 is 15.8 Å². The highest BCUT2D eigenvalue weighted by Gasteiger charge is 2.42. The second-order valence-corrected chi connectivity index (χ2v) is 6.20. The smallest absolute Gasteiger partial charge is 0.227 e. The van der Waals surface area contributed by atoms with Crippen LogP contribution in [0.4, 0.5) is 0 Å². The van der Waals surface area contributed by atoms with E-state index in [1.54, 1.807) is 0 Å². The lowest BCUT2D eigenvalue weighted by atomic mass is 9.92. The number of nitrogens with one attached hydrogen (secondary N) is 1. The Bertz CT molecular complexity index is 519. The third-order valence-corrected chi connectivity index (χ3v) is 4.56. The number of benzene rings is 1. The Kier molecular flexibility index (Phi) is 4.79. The van der Waals surface area contributed by atoms with Gasteiger partial charge in [-0.2, -0.15) is 0 Å². The van der Waals surface area contributed by atoms with Crippen molar-refractivity contribution in [3.63, 3.8) is 0 Å². The molecule has 3 N–H and O–H groups in total. The predicted octanol–water partition coefficient (Wildman–Crippen LogP) is 1.90. The molecular formula is C16H23ClN2O2. The molecular weight excluding hydrogens is 288 g/mol. The van der Waals surface area contributed by atoms with Crippen molar-refractivity contribution >= 4 is 18.3 Å². The van der Waals surface area contributed by atoms with Gasteiger partial charge in [-0.1, -0.05) is 18.2 Å². The number of ether oxygens (including phenoxy) is 1. The third kappa shape index (κ3) is 3.33. The third-order valence-electron chi connectivity index (χ3n) is 4.56. The lowest BCUT2D eigenvalue weighted by Gasteiger charge is -2.33. The van der Waals surface area contributed by atoms with Gasteiger partial charge in [0.25, 0.3) is 0 Å². The second-order valence-electron chi connectivity index (χ2n) is 6.20. The first-order chi connectivity index (χ1) is 9.62. The maximum atomic E-state index is 12.5. The Hall–Kier alpha value is -1.26. The van der Waals surface area contributed by atoms with E-state index in [-0.39, 0.29) is 29.8 Å². The molecule has 21 heavy (non-hydrogen) atoms. The van der Waals surface area contributed by atoms with Gasteiger partial charge in [0.2, 0.25) is 5.91 Å². The molecule has 0 saturated heterocycles. The normalized spacial score (nSPS) is 23.0. The summed E-state index contributed by atoms with van der Waals surface area (Å²) in [5.41, 5.74) is 6.71. The zero-order valence-corrected chi connectivity index (χ0v) is 13.1. The number of carbonyl (C=O) groups excluding carboxylic acids is 1. The summed E-state index contributed by atoms with van der Waals surface area (Å²) in [4.78, 5) is 12.5. The van der Waals surface area contributed by atoms with Crippen LogP contribution in [0.15, 0.2) is 24.3 Å². The van der Waals surface area contributed by atoms with Crippen LogP contribution in [-0.2, 0) is 11.2 Å². The Morgan fingerprint density at radius 2 is 2.14 bits per heavy atom. The fourth-order valence-electron chi connectivity index (χ4n) is 2.92. The van der Waals surface area contributed by atoms with Gasteiger partial charge >= 0.3 is 0 Å². The van der Waals surface area contributed by atoms with E-state index >= 15 is 0 Å². The zero-order valence-electron chi connectivity index (χ0n) is 12.3. The molecule has 0 spiro atoms. The molecule has 2 unspecified atom stereocenters. The maximum absolute atomic E-state index is 12.5. The van der Waals surface area contributed by atoms with Gasteiger partial charge in [-0.25, -0.2) is 0 Å². The van der Waals surface area contributed by atoms with Crippen LogP contribution in [-0.4, -0.2) is 24.6 Å². The molecule has 1 aromatic rings. The summed E-state index contributed by atoms with van der Waals surface area (Å²) in [6.07, 6.45) is 3.07. The van der Waals surface area contributed by atoms with Gasteiger partial charge in [0.1, 0.15) is 12.4 Å². The van der Waals surface area contributed by atoms with Gasteiger partial charge in [0, 0.05) is 6.54 Å². The van der Waals surface area contributed by atoms with E-state index in [4.69, 9.17) is 10.5 Å². The second kappa shape index (κ2) is 6.24. The quantitative estimate of drug-likeness (QED) is 0.893. The molecule has 2 atom stereocenters. The van der Waals surface area contributed by atoms with Gasteiger partial charge in [-0.05, 0) is 43.7 Å². The minimum atomic E-state index is -0.256. The molecule has 4 nitrogen and oxygen atoms in total. The highest BCUT2D eigenvalue weighted by molar-refractivity contribution is 5.85. The number of halogens is 1. The van der Waals surface area contributed by atoms with E-state index < -0.39 is 0 Å². The maximum Gasteiger partial charge on any atom is 0.227 e. The van der Waals surface area contributed by atoms with Gasteiger partial charge in [0.15, 0.2) is 0 Å². The molecule has 3 rings (SSSR count). The number of para-hydroxylation sites is 1. The van der Waals surface area contributed by atoms with E-state index in [2.05, 4.69) is 12.2 Å². The monoisotopic (exact) mass is 310 g/mol. The number of hydrogen-bond donors (Lipinski definition) is 2. The highest BCUT2D eigenvalue weighted by atomic mass is 35.5. The first-order valence-electron chi connectivity index (χ1n) is 7.35. The van der Waals surface area contributed by atoms with E-state index in [0.29, 0.717) is 19.1 Å². The lowest BCUT2D eigenvalue weighted by molar-refractivity contribution is -0.128. The van der Waals surface area contributed by atoms with Gasteiger partial charge in [-0.15, -0.1) is 12.4 Å². The topological polar surface area (TPSA) is 64.3 Å².